The normalized spacial score (nSPS) is 10.6. The minimum atomic E-state index is -0.0880. The zero-order chi connectivity index (χ0) is 14.7. The number of hydrogen-bond acceptors (Lipinski definition) is 7. The summed E-state index contributed by atoms with van der Waals surface area (Å²) in [5, 5.41) is 22.4. The summed E-state index contributed by atoms with van der Waals surface area (Å²) < 4.78 is 0. The Kier molecular flexibility index (Phi) is 4.05. The number of rotatable bonds is 4. The van der Waals surface area contributed by atoms with Gasteiger partial charge in [-0.3, -0.25) is 9.97 Å². The molecule has 0 aliphatic rings. The molecule has 6 nitrogen and oxygen atoms in total. The summed E-state index contributed by atoms with van der Waals surface area (Å²) in [7, 11) is 0. The lowest BCUT2D eigenvalue weighted by atomic mass is 10.2. The molecule has 0 amide bonds. The van der Waals surface area contributed by atoms with Gasteiger partial charge in [0.25, 0.3) is 0 Å². The largest absolute Gasteiger partial charge is 0.392 e. The molecule has 0 unspecified atom stereocenters. The Morgan fingerprint density at radius 1 is 1.24 bits per heavy atom. The molecule has 106 valence electrons. The number of anilines is 2. The molecule has 2 aromatic heterocycles. The topological polar surface area (TPSA) is 83.8 Å². The van der Waals surface area contributed by atoms with Crippen molar-refractivity contribution in [3.8, 4) is 10.7 Å². The van der Waals surface area contributed by atoms with E-state index in [9.17, 15) is 5.11 Å². The van der Waals surface area contributed by atoms with Crippen molar-refractivity contribution >= 4 is 33.8 Å². The van der Waals surface area contributed by atoms with Crippen molar-refractivity contribution in [1.29, 1.82) is 0 Å². The molecule has 2 heterocycles. The van der Waals surface area contributed by atoms with Crippen LogP contribution in [0.1, 0.15) is 5.56 Å². The molecule has 0 aliphatic carbocycles. The van der Waals surface area contributed by atoms with Crippen molar-refractivity contribution in [3.63, 3.8) is 0 Å². The number of nitrogens with zero attached hydrogens (tertiary/aromatic N) is 4. The highest BCUT2D eigenvalue weighted by molar-refractivity contribution is 7.18. The van der Waals surface area contributed by atoms with E-state index < -0.39 is 0 Å². The summed E-state index contributed by atoms with van der Waals surface area (Å²) in [6.45, 7) is -0.0880. The second-order valence-corrected chi connectivity index (χ2v) is 5.50. The van der Waals surface area contributed by atoms with Crippen LogP contribution in [0.2, 0.25) is 5.02 Å². The highest BCUT2D eigenvalue weighted by Gasteiger charge is 2.10. The average molecular weight is 320 g/mol. The number of aliphatic hydroxyl groups is 1. The maximum absolute atomic E-state index is 9.34. The zero-order valence-electron chi connectivity index (χ0n) is 10.7. The highest BCUT2D eigenvalue weighted by Crippen LogP contribution is 2.29. The van der Waals surface area contributed by atoms with Crippen LogP contribution in [0.4, 0.5) is 10.8 Å². The molecule has 2 N–H and O–H groups in total. The van der Waals surface area contributed by atoms with E-state index >= 15 is 0 Å². The van der Waals surface area contributed by atoms with Crippen LogP contribution in [0, 0.1) is 0 Å². The molecule has 0 spiro atoms. The van der Waals surface area contributed by atoms with Gasteiger partial charge in [-0.25, -0.2) is 0 Å². The molecule has 0 radical (unpaired) electrons. The predicted octanol–water partition coefficient (Wildman–Crippen LogP) is 2.88. The molecule has 0 aliphatic heterocycles. The minimum absolute atomic E-state index is 0.0880. The monoisotopic (exact) mass is 319 g/mol. The van der Waals surface area contributed by atoms with Gasteiger partial charge < -0.3 is 10.4 Å². The number of aromatic nitrogens is 4. The lowest BCUT2D eigenvalue weighted by molar-refractivity contribution is 0.282. The number of aliphatic hydroxyl groups excluding tert-OH is 1. The minimum Gasteiger partial charge on any atom is -0.392 e. The average Bonchev–Trinajstić information content (AvgIpc) is 2.97. The van der Waals surface area contributed by atoms with Gasteiger partial charge in [-0.2, -0.15) is 0 Å². The van der Waals surface area contributed by atoms with Gasteiger partial charge in [-0.15, -0.1) is 10.2 Å². The van der Waals surface area contributed by atoms with Crippen molar-refractivity contribution < 1.29 is 5.11 Å². The van der Waals surface area contributed by atoms with Crippen LogP contribution < -0.4 is 5.32 Å². The van der Waals surface area contributed by atoms with E-state index in [1.165, 1.54) is 11.3 Å². The van der Waals surface area contributed by atoms with E-state index in [1.807, 2.05) is 0 Å². The van der Waals surface area contributed by atoms with E-state index in [0.717, 1.165) is 5.56 Å². The standard InChI is InChI=1S/C13H10ClN5OS/c14-9-2-1-8(7-20)10(5-9)17-13-19-18-12(21-13)11-6-15-3-4-16-11/h1-6,20H,7H2,(H,17,19). The Labute approximate surface area is 129 Å². The summed E-state index contributed by atoms with van der Waals surface area (Å²) in [4.78, 5) is 8.17. The van der Waals surface area contributed by atoms with Crippen LogP contribution in [0.3, 0.4) is 0 Å². The van der Waals surface area contributed by atoms with E-state index in [0.29, 0.717) is 26.5 Å². The second-order valence-electron chi connectivity index (χ2n) is 4.09. The third-order valence-electron chi connectivity index (χ3n) is 2.69. The van der Waals surface area contributed by atoms with Gasteiger partial charge in [0.15, 0.2) is 5.01 Å². The fraction of sp³-hybridized carbons (Fsp3) is 0.0769. The van der Waals surface area contributed by atoms with Gasteiger partial charge in [0, 0.05) is 28.7 Å². The van der Waals surface area contributed by atoms with Crippen LogP contribution in [0.15, 0.2) is 36.8 Å². The molecule has 0 bridgehead atoms. The van der Waals surface area contributed by atoms with Gasteiger partial charge in [-0.05, 0) is 12.1 Å². The van der Waals surface area contributed by atoms with E-state index in [-0.39, 0.29) is 6.61 Å². The van der Waals surface area contributed by atoms with Crippen LogP contribution in [0.5, 0.6) is 0 Å². The molecule has 0 fully saturated rings. The fourth-order valence-electron chi connectivity index (χ4n) is 1.70. The van der Waals surface area contributed by atoms with Gasteiger partial charge in [0.2, 0.25) is 5.13 Å². The Hall–Kier alpha value is -2.09. The molecule has 8 heteroatoms. The Morgan fingerprint density at radius 2 is 2.14 bits per heavy atom. The summed E-state index contributed by atoms with van der Waals surface area (Å²) in [5.74, 6) is 0. The van der Waals surface area contributed by atoms with Crippen LogP contribution >= 0.6 is 22.9 Å². The van der Waals surface area contributed by atoms with E-state index in [2.05, 4.69) is 25.5 Å². The number of hydrogen-bond donors (Lipinski definition) is 2. The van der Waals surface area contributed by atoms with E-state index in [1.54, 1.807) is 36.8 Å². The quantitative estimate of drug-likeness (QED) is 0.769. The molecule has 3 rings (SSSR count). The molecular weight excluding hydrogens is 310 g/mol. The number of nitrogens with one attached hydrogen (secondary N) is 1. The third kappa shape index (κ3) is 3.15. The third-order valence-corrected chi connectivity index (χ3v) is 3.79. The van der Waals surface area contributed by atoms with Gasteiger partial charge in [0.05, 0.1) is 12.8 Å². The molecule has 0 saturated carbocycles. The summed E-state index contributed by atoms with van der Waals surface area (Å²) in [6, 6.07) is 5.22. The summed E-state index contributed by atoms with van der Waals surface area (Å²) in [6.07, 6.45) is 4.83. The molecular formula is C13H10ClN5OS. The summed E-state index contributed by atoms with van der Waals surface area (Å²) in [5.41, 5.74) is 2.10. The van der Waals surface area contributed by atoms with Gasteiger partial charge in [-0.1, -0.05) is 29.0 Å². The predicted molar refractivity (Wildman–Crippen MR) is 81.6 cm³/mol. The van der Waals surface area contributed by atoms with E-state index in [4.69, 9.17) is 11.6 Å². The van der Waals surface area contributed by atoms with Crippen molar-refractivity contribution in [3.05, 3.63) is 47.4 Å². The van der Waals surface area contributed by atoms with Crippen molar-refractivity contribution in [2.75, 3.05) is 5.32 Å². The molecule has 21 heavy (non-hydrogen) atoms. The Bertz CT molecular complexity index is 749. The smallest absolute Gasteiger partial charge is 0.210 e. The first-order chi connectivity index (χ1) is 10.3. The number of benzene rings is 1. The second kappa shape index (κ2) is 6.13. The summed E-state index contributed by atoms with van der Waals surface area (Å²) >= 11 is 7.31. The zero-order valence-corrected chi connectivity index (χ0v) is 12.3. The van der Waals surface area contributed by atoms with Crippen molar-refractivity contribution in [2.45, 2.75) is 6.61 Å². The molecule has 0 saturated heterocycles. The number of halogens is 1. The lowest BCUT2D eigenvalue weighted by Gasteiger charge is -2.07. The van der Waals surface area contributed by atoms with Crippen LogP contribution in [-0.4, -0.2) is 25.3 Å². The maximum atomic E-state index is 9.34. The maximum Gasteiger partial charge on any atom is 0.210 e. The van der Waals surface area contributed by atoms with Crippen LogP contribution in [-0.2, 0) is 6.61 Å². The molecule has 0 atom stereocenters. The first-order valence-corrected chi connectivity index (χ1v) is 7.22. The molecule has 3 aromatic rings. The van der Waals surface area contributed by atoms with Crippen molar-refractivity contribution in [1.82, 2.24) is 20.2 Å². The Morgan fingerprint density at radius 3 is 2.90 bits per heavy atom. The molecule has 1 aromatic carbocycles. The fourth-order valence-corrected chi connectivity index (χ4v) is 2.59. The SMILES string of the molecule is OCc1ccc(Cl)cc1Nc1nnc(-c2cnccn2)s1. The van der Waals surface area contributed by atoms with Crippen LogP contribution in [0.25, 0.3) is 10.7 Å². The first kappa shape index (κ1) is 13.9. The van der Waals surface area contributed by atoms with Crippen molar-refractivity contribution in [2.24, 2.45) is 0 Å². The first-order valence-electron chi connectivity index (χ1n) is 6.02. The van der Waals surface area contributed by atoms with Gasteiger partial charge in [0.1, 0.15) is 5.69 Å². The highest BCUT2D eigenvalue weighted by atomic mass is 35.5. The van der Waals surface area contributed by atoms with Gasteiger partial charge >= 0.3 is 0 Å². The lowest BCUT2D eigenvalue weighted by Crippen LogP contribution is -1.95. The Balaban J connectivity index is 1.87.